The molecule has 11 heavy (non-hydrogen) atoms. The van der Waals surface area contributed by atoms with Gasteiger partial charge in [0.1, 0.15) is 0 Å². The van der Waals surface area contributed by atoms with E-state index in [-0.39, 0.29) is 22.9 Å². The van der Waals surface area contributed by atoms with Crippen molar-refractivity contribution in [2.75, 3.05) is 0 Å². The first-order chi connectivity index (χ1) is 4.24. The largest absolute Gasteiger partial charge is 2.00 e. The molecule has 0 rings (SSSR count). The van der Waals surface area contributed by atoms with Gasteiger partial charge in [0.2, 0.25) is 0 Å². The number of hydrogen-bond acceptors (Lipinski definition) is 3. The summed E-state index contributed by atoms with van der Waals surface area (Å²) in [6, 6.07) is 0. The molecule has 0 amide bonds. The Morgan fingerprint density at radius 3 is 0.727 bits per heavy atom. The third-order valence-corrected chi connectivity index (χ3v) is 0. The molecule has 0 heterocycles. The predicted molar refractivity (Wildman–Crippen MR) is 53.9 cm³/mol. The van der Waals surface area contributed by atoms with Gasteiger partial charge in [-0.1, -0.05) is 36.7 Å². The number of isothiocyanates is 3. The van der Waals surface area contributed by atoms with E-state index in [1.54, 1.807) is 0 Å². The van der Waals surface area contributed by atoms with E-state index < -0.39 is 0 Å². The second-order valence-corrected chi connectivity index (χ2v) is 0.822. The zero-order valence-electron chi connectivity index (χ0n) is 5.40. The van der Waals surface area contributed by atoms with E-state index in [2.05, 4.69) is 36.7 Å². The Morgan fingerprint density at radius 2 is 0.727 bits per heavy atom. The minimum Gasteiger partial charge on any atom is -0.753 e. The van der Waals surface area contributed by atoms with E-state index in [1.165, 1.54) is 15.5 Å². The average molecular weight is 251 g/mol. The van der Waals surface area contributed by atoms with Gasteiger partial charge in [-0.25, -0.2) is 0 Å². The molecule has 0 unspecified atom stereocenters. The first kappa shape index (κ1) is 30.7. The van der Waals surface area contributed by atoms with Crippen LogP contribution in [0.2, 0.25) is 0 Å². The Morgan fingerprint density at radius 1 is 0.727 bits per heavy atom. The zero-order valence-corrected chi connectivity index (χ0v) is 8.89. The van der Waals surface area contributed by atoms with E-state index in [4.69, 9.17) is 16.2 Å². The molecule has 4 nitrogen and oxygen atoms in total. The van der Waals surface area contributed by atoms with Crippen LogP contribution in [0.15, 0.2) is 0 Å². The van der Waals surface area contributed by atoms with Gasteiger partial charge in [-0.2, -0.15) is 15.5 Å². The Hall–Kier alpha value is -0.134. The maximum Gasteiger partial charge on any atom is 2.00 e. The molecule has 8 heteroatoms. The zero-order chi connectivity index (χ0) is 8.12. The van der Waals surface area contributed by atoms with E-state index >= 15 is 0 Å². The number of nitrogens with zero attached hydrogens (tertiary/aromatic N) is 3. The summed E-state index contributed by atoms with van der Waals surface area (Å²) in [4.78, 5) is 0. The summed E-state index contributed by atoms with van der Waals surface area (Å²) in [5.74, 6) is 0. The van der Waals surface area contributed by atoms with Crippen molar-refractivity contribution in [1.82, 2.24) is 6.15 Å². The Labute approximate surface area is 91.1 Å². The summed E-state index contributed by atoms with van der Waals surface area (Å²) in [7, 11) is 0. The van der Waals surface area contributed by atoms with Crippen molar-refractivity contribution in [3.63, 3.8) is 0 Å². The average Bonchev–Trinajstić information content (AvgIpc) is 1.70. The fourth-order valence-corrected chi connectivity index (χ4v) is 0. The van der Waals surface area contributed by atoms with Gasteiger partial charge in [0.05, 0.1) is 0 Å². The van der Waals surface area contributed by atoms with Crippen LogP contribution in [0.4, 0.5) is 0 Å². The molecule has 0 aliphatic rings. The Kier molecular flexibility index (Phi) is 264. The Bertz CT molecular complexity index is 112. The number of thiocarbonyl (C=S) groups is 3. The fraction of sp³-hybridized carbons (Fsp3) is 0. The number of quaternary nitrogens is 1. The second kappa shape index (κ2) is 94.4. The van der Waals surface area contributed by atoms with Crippen molar-refractivity contribution in [1.29, 1.82) is 0 Å². The van der Waals surface area contributed by atoms with Gasteiger partial charge >= 0.3 is 16.8 Å². The molecule has 0 atom stereocenters. The third kappa shape index (κ3) is 34300. The molecule has 0 saturated heterocycles. The molecular weight excluding hydrogens is 247 g/mol. The SMILES string of the molecule is [Co+2].[N-]=C=S.[N-]=C=S.[N-]=C=S.[NH4+]. The van der Waals surface area contributed by atoms with E-state index in [0.29, 0.717) is 0 Å². The van der Waals surface area contributed by atoms with E-state index in [9.17, 15) is 0 Å². The first-order valence-electron chi connectivity index (χ1n) is 1.28. The van der Waals surface area contributed by atoms with Gasteiger partial charge in [0.15, 0.2) is 0 Å². The van der Waals surface area contributed by atoms with Crippen molar-refractivity contribution in [2.24, 2.45) is 0 Å². The minimum absolute atomic E-state index is 0. The van der Waals surface area contributed by atoms with Gasteiger partial charge in [-0.15, -0.1) is 0 Å². The molecule has 1 radical (unpaired) electrons. The molecule has 0 saturated carbocycles. The van der Waals surface area contributed by atoms with Crippen molar-refractivity contribution in [2.45, 2.75) is 0 Å². The summed E-state index contributed by atoms with van der Waals surface area (Å²) >= 11 is 11.1. The minimum atomic E-state index is 0. The second-order valence-electron chi connectivity index (χ2n) is 0.274. The van der Waals surface area contributed by atoms with Gasteiger partial charge in [-0.3, -0.25) is 0 Å². The van der Waals surface area contributed by atoms with Crippen molar-refractivity contribution in [3.05, 3.63) is 16.2 Å². The van der Waals surface area contributed by atoms with Crippen LogP contribution in [0.25, 0.3) is 16.2 Å². The summed E-state index contributed by atoms with van der Waals surface area (Å²) in [5.41, 5.74) is 0. The summed E-state index contributed by atoms with van der Waals surface area (Å²) < 4.78 is 0. The number of rotatable bonds is 0. The molecule has 0 spiro atoms. The smallest absolute Gasteiger partial charge is 0.753 e. The monoisotopic (exact) mass is 251 g/mol. The standard InChI is InChI=1S/3CNS.Co.H3N/c3*2-1-3;;/h;;;;1H3/q3*-1;+2;/p+1. The third-order valence-electron chi connectivity index (χ3n) is 0. The topological polar surface area (TPSA) is 103 Å². The van der Waals surface area contributed by atoms with Gasteiger partial charge < -0.3 is 22.4 Å². The van der Waals surface area contributed by atoms with Crippen LogP contribution in [0.5, 0.6) is 0 Å². The molecule has 0 aliphatic carbocycles. The summed E-state index contributed by atoms with van der Waals surface area (Å²) in [6.07, 6.45) is 0. The maximum absolute atomic E-state index is 7.13. The van der Waals surface area contributed by atoms with Crippen molar-refractivity contribution in [3.8, 4) is 0 Å². The summed E-state index contributed by atoms with van der Waals surface area (Å²) in [5, 5.41) is 25.4. The fourth-order valence-electron chi connectivity index (χ4n) is 0. The van der Waals surface area contributed by atoms with Crippen LogP contribution in [0.3, 0.4) is 0 Å². The molecule has 63 valence electrons. The first-order valence-corrected chi connectivity index (χ1v) is 2.51. The van der Waals surface area contributed by atoms with Crippen LogP contribution in [0.1, 0.15) is 0 Å². The number of hydrogen-bond donors (Lipinski definition) is 1. The molecule has 0 aromatic heterocycles. The van der Waals surface area contributed by atoms with E-state index in [1.807, 2.05) is 0 Å². The van der Waals surface area contributed by atoms with Gasteiger partial charge in [0, 0.05) is 0 Å². The molecule has 0 aromatic rings. The van der Waals surface area contributed by atoms with Crippen LogP contribution in [-0.4, -0.2) is 15.5 Å². The van der Waals surface area contributed by atoms with Crippen LogP contribution >= 0.6 is 36.7 Å². The molecule has 0 aliphatic heterocycles. The van der Waals surface area contributed by atoms with Crippen LogP contribution in [-0.2, 0) is 16.8 Å². The predicted octanol–water partition coefficient (Wildman–Crippen LogP) is 2.35. The Balaban J connectivity index is -0.0000000150. The normalized spacial score (nSPS) is 2.18. The quantitative estimate of drug-likeness (QED) is 0.527. The van der Waals surface area contributed by atoms with Crippen molar-refractivity contribution >= 4 is 52.1 Å². The van der Waals surface area contributed by atoms with Crippen LogP contribution in [0, 0.1) is 0 Å². The summed E-state index contributed by atoms with van der Waals surface area (Å²) in [6.45, 7) is 0. The molecule has 0 aromatic carbocycles. The van der Waals surface area contributed by atoms with Gasteiger partial charge in [0.25, 0.3) is 0 Å². The molecule has 0 fully saturated rings. The van der Waals surface area contributed by atoms with Crippen LogP contribution < -0.4 is 6.15 Å². The molecule has 0 bridgehead atoms. The molecule has 4 N–H and O–H groups in total. The van der Waals surface area contributed by atoms with E-state index in [0.717, 1.165) is 0 Å². The molecular formula is C3H4CoN4S3. The maximum atomic E-state index is 7.13. The van der Waals surface area contributed by atoms with Crippen molar-refractivity contribution < 1.29 is 16.8 Å². The van der Waals surface area contributed by atoms with Gasteiger partial charge in [-0.05, 0) is 0 Å².